The first-order chi connectivity index (χ1) is 6.57. The smallest absolute Gasteiger partial charge is 0.0564 e. The minimum Gasteiger partial charge on any atom is -0.275 e. The molecule has 0 saturated carbocycles. The Kier molecular flexibility index (Phi) is 2.22. The molecule has 2 heteroatoms. The lowest BCUT2D eigenvalue weighted by atomic mass is 9.76. The number of nitrogens with zero attached hydrogens (tertiary/aromatic N) is 2. The topological polar surface area (TPSA) is 17.8 Å². The number of aryl methyl sites for hydroxylation is 1. The maximum atomic E-state index is 4.22. The minimum atomic E-state index is 0.458. The fraction of sp³-hybridized carbons (Fsp3) is 0.583. The van der Waals surface area contributed by atoms with E-state index >= 15 is 0 Å². The Balaban J connectivity index is 2.23. The fourth-order valence-electron chi connectivity index (χ4n) is 2.12. The van der Waals surface area contributed by atoms with Gasteiger partial charge in [-0.1, -0.05) is 19.9 Å². The zero-order chi connectivity index (χ0) is 10.2. The molecule has 0 N–H and O–H groups in total. The molecule has 0 fully saturated rings. The molecule has 1 aliphatic carbocycles. The molecule has 2 nitrogen and oxygen atoms in total. The van der Waals surface area contributed by atoms with Gasteiger partial charge in [-0.15, -0.1) is 0 Å². The van der Waals surface area contributed by atoms with Crippen molar-refractivity contribution in [3.63, 3.8) is 0 Å². The Bertz CT molecular complexity index is 358. The maximum Gasteiger partial charge on any atom is 0.0564 e. The van der Waals surface area contributed by atoms with Gasteiger partial charge in [0.25, 0.3) is 0 Å². The van der Waals surface area contributed by atoms with E-state index in [1.54, 1.807) is 0 Å². The van der Waals surface area contributed by atoms with Crippen molar-refractivity contribution in [2.45, 2.75) is 33.1 Å². The molecule has 0 bridgehead atoms. The molecule has 0 spiro atoms. The van der Waals surface area contributed by atoms with Crippen LogP contribution in [-0.2, 0) is 7.05 Å². The van der Waals surface area contributed by atoms with Crippen LogP contribution in [0.1, 0.15) is 38.7 Å². The second-order valence-electron chi connectivity index (χ2n) is 5.01. The lowest BCUT2D eigenvalue weighted by molar-refractivity contribution is 0.338. The lowest BCUT2D eigenvalue weighted by Gasteiger charge is -2.29. The fourth-order valence-corrected chi connectivity index (χ4v) is 2.12. The molecule has 0 aromatic carbocycles. The van der Waals surface area contributed by atoms with Crippen LogP contribution in [0.4, 0.5) is 0 Å². The van der Waals surface area contributed by atoms with E-state index in [0.717, 1.165) is 0 Å². The van der Waals surface area contributed by atoms with Crippen molar-refractivity contribution < 1.29 is 0 Å². The standard InChI is InChI=1S/C12H18N2/c1-12(2)6-4-5-10(7-12)11-8-13-14(3)9-11/h5,8-9H,4,6-7H2,1-3H3. The molecule has 76 valence electrons. The number of aromatic nitrogens is 2. The minimum absolute atomic E-state index is 0.458. The van der Waals surface area contributed by atoms with E-state index < -0.39 is 0 Å². The van der Waals surface area contributed by atoms with Crippen LogP contribution in [0.15, 0.2) is 18.5 Å². The molecular formula is C12H18N2. The zero-order valence-corrected chi connectivity index (χ0v) is 9.25. The average Bonchev–Trinajstić information content (AvgIpc) is 2.50. The summed E-state index contributed by atoms with van der Waals surface area (Å²) in [7, 11) is 1.97. The van der Waals surface area contributed by atoms with Crippen LogP contribution < -0.4 is 0 Å². The van der Waals surface area contributed by atoms with Crippen LogP contribution in [-0.4, -0.2) is 9.78 Å². The van der Waals surface area contributed by atoms with Crippen LogP contribution in [0.5, 0.6) is 0 Å². The van der Waals surface area contributed by atoms with Crippen molar-refractivity contribution in [3.05, 3.63) is 24.0 Å². The molecule has 1 aromatic rings. The number of allylic oxidation sites excluding steroid dienone is 2. The Morgan fingerprint density at radius 1 is 1.43 bits per heavy atom. The molecule has 0 amide bonds. The summed E-state index contributed by atoms with van der Waals surface area (Å²) < 4.78 is 1.87. The number of rotatable bonds is 1. The van der Waals surface area contributed by atoms with Crippen LogP contribution in [0.25, 0.3) is 5.57 Å². The molecule has 0 unspecified atom stereocenters. The van der Waals surface area contributed by atoms with Crippen LogP contribution in [0.3, 0.4) is 0 Å². The van der Waals surface area contributed by atoms with Crippen molar-refractivity contribution in [3.8, 4) is 0 Å². The predicted octanol–water partition coefficient (Wildman–Crippen LogP) is 3.01. The van der Waals surface area contributed by atoms with Gasteiger partial charge >= 0.3 is 0 Å². The van der Waals surface area contributed by atoms with E-state index in [2.05, 4.69) is 31.2 Å². The highest BCUT2D eigenvalue weighted by Crippen LogP contribution is 2.38. The van der Waals surface area contributed by atoms with E-state index in [1.807, 2.05) is 17.9 Å². The highest BCUT2D eigenvalue weighted by atomic mass is 15.2. The van der Waals surface area contributed by atoms with Crippen LogP contribution in [0.2, 0.25) is 0 Å². The number of hydrogen-bond donors (Lipinski definition) is 0. The lowest BCUT2D eigenvalue weighted by Crippen LogP contribution is -2.14. The first-order valence-corrected chi connectivity index (χ1v) is 5.25. The second-order valence-corrected chi connectivity index (χ2v) is 5.01. The molecule has 0 radical (unpaired) electrons. The van der Waals surface area contributed by atoms with Crippen LogP contribution in [0, 0.1) is 5.41 Å². The summed E-state index contributed by atoms with van der Waals surface area (Å²) in [5.41, 5.74) is 3.22. The van der Waals surface area contributed by atoms with Gasteiger partial charge in [-0.2, -0.15) is 5.10 Å². The second kappa shape index (κ2) is 3.26. The summed E-state index contributed by atoms with van der Waals surface area (Å²) in [5.74, 6) is 0. The molecule has 0 saturated heterocycles. The van der Waals surface area contributed by atoms with Crippen molar-refractivity contribution >= 4 is 5.57 Å². The SMILES string of the molecule is Cn1cc(C2=CCCC(C)(C)C2)cn1. The third-order valence-electron chi connectivity index (χ3n) is 2.96. The van der Waals surface area contributed by atoms with E-state index in [0.29, 0.717) is 5.41 Å². The third-order valence-corrected chi connectivity index (χ3v) is 2.96. The van der Waals surface area contributed by atoms with E-state index in [1.165, 1.54) is 30.4 Å². The highest BCUT2D eigenvalue weighted by Gasteiger charge is 2.23. The van der Waals surface area contributed by atoms with E-state index in [-0.39, 0.29) is 0 Å². The first-order valence-electron chi connectivity index (χ1n) is 5.25. The molecule has 14 heavy (non-hydrogen) atoms. The van der Waals surface area contributed by atoms with Crippen molar-refractivity contribution in [1.29, 1.82) is 0 Å². The Morgan fingerprint density at radius 3 is 2.79 bits per heavy atom. The van der Waals surface area contributed by atoms with E-state index in [9.17, 15) is 0 Å². The van der Waals surface area contributed by atoms with Gasteiger partial charge in [-0.3, -0.25) is 4.68 Å². The highest BCUT2D eigenvalue weighted by molar-refractivity contribution is 5.65. The zero-order valence-electron chi connectivity index (χ0n) is 9.25. The largest absolute Gasteiger partial charge is 0.275 e. The number of hydrogen-bond acceptors (Lipinski definition) is 1. The van der Waals surface area contributed by atoms with Crippen molar-refractivity contribution in [2.75, 3.05) is 0 Å². The third kappa shape index (κ3) is 1.89. The Labute approximate surface area is 85.6 Å². The Hall–Kier alpha value is -1.05. The van der Waals surface area contributed by atoms with Gasteiger partial charge in [-0.25, -0.2) is 0 Å². The van der Waals surface area contributed by atoms with Crippen LogP contribution >= 0.6 is 0 Å². The van der Waals surface area contributed by atoms with Gasteiger partial charge in [0.1, 0.15) is 0 Å². The molecule has 0 atom stereocenters. The summed E-state index contributed by atoms with van der Waals surface area (Å²) >= 11 is 0. The van der Waals surface area contributed by atoms with Crippen molar-refractivity contribution in [1.82, 2.24) is 9.78 Å². The average molecular weight is 190 g/mol. The monoisotopic (exact) mass is 190 g/mol. The maximum absolute atomic E-state index is 4.22. The summed E-state index contributed by atoms with van der Waals surface area (Å²) in [4.78, 5) is 0. The molecular weight excluding hydrogens is 172 g/mol. The predicted molar refractivity (Wildman–Crippen MR) is 58.8 cm³/mol. The first kappa shape index (κ1) is 9.50. The van der Waals surface area contributed by atoms with Gasteiger partial charge in [0, 0.05) is 18.8 Å². The summed E-state index contributed by atoms with van der Waals surface area (Å²) in [6, 6.07) is 0. The van der Waals surface area contributed by atoms with Gasteiger partial charge in [0.15, 0.2) is 0 Å². The van der Waals surface area contributed by atoms with Crippen molar-refractivity contribution in [2.24, 2.45) is 12.5 Å². The molecule has 1 aliphatic rings. The molecule has 2 rings (SSSR count). The molecule has 1 aromatic heterocycles. The summed E-state index contributed by atoms with van der Waals surface area (Å²) in [5, 5.41) is 4.22. The Morgan fingerprint density at radius 2 is 2.21 bits per heavy atom. The quantitative estimate of drug-likeness (QED) is 0.665. The van der Waals surface area contributed by atoms with Gasteiger partial charge < -0.3 is 0 Å². The summed E-state index contributed by atoms with van der Waals surface area (Å²) in [6.07, 6.45) is 10.1. The van der Waals surface area contributed by atoms with E-state index in [4.69, 9.17) is 0 Å². The van der Waals surface area contributed by atoms with Gasteiger partial charge in [0.05, 0.1) is 6.20 Å². The van der Waals surface area contributed by atoms with Gasteiger partial charge in [0.2, 0.25) is 0 Å². The van der Waals surface area contributed by atoms with Gasteiger partial charge in [-0.05, 0) is 30.3 Å². The summed E-state index contributed by atoms with van der Waals surface area (Å²) in [6.45, 7) is 4.69. The molecule has 1 heterocycles. The molecule has 0 aliphatic heterocycles. The normalized spacial score (nSPS) is 20.6.